The van der Waals surface area contributed by atoms with Crippen molar-refractivity contribution in [2.24, 2.45) is 0 Å². The quantitative estimate of drug-likeness (QED) is 0.289. The third kappa shape index (κ3) is 5.88. The van der Waals surface area contributed by atoms with E-state index in [2.05, 4.69) is 0 Å². The summed E-state index contributed by atoms with van der Waals surface area (Å²) in [6.07, 6.45) is -9.62. The minimum atomic E-state index is -1.55. The van der Waals surface area contributed by atoms with E-state index in [1.807, 2.05) is 36.4 Å². The van der Waals surface area contributed by atoms with Gasteiger partial charge in [0.15, 0.2) is 12.6 Å². The Bertz CT molecular complexity index is 701. The molecule has 0 unspecified atom stereocenters. The van der Waals surface area contributed by atoms with E-state index in [4.69, 9.17) is 18.9 Å². The van der Waals surface area contributed by atoms with Crippen molar-refractivity contribution < 1.29 is 49.6 Å². The molecule has 6 N–H and O–H groups in total. The van der Waals surface area contributed by atoms with Crippen LogP contribution < -0.4 is 0 Å². The Morgan fingerprint density at radius 2 is 1.39 bits per heavy atom. The average molecular weight is 442 g/mol. The molecule has 174 valence electrons. The fourth-order valence-corrected chi connectivity index (χ4v) is 3.43. The Kier molecular flexibility index (Phi) is 8.53. The second-order valence-corrected chi connectivity index (χ2v) is 7.68. The molecule has 2 heterocycles. The van der Waals surface area contributed by atoms with Crippen LogP contribution in [0.15, 0.2) is 36.4 Å². The zero-order valence-corrected chi connectivity index (χ0v) is 17.0. The number of hydrogen-bond donors (Lipinski definition) is 6. The van der Waals surface area contributed by atoms with E-state index in [0.717, 1.165) is 5.56 Å². The summed E-state index contributed by atoms with van der Waals surface area (Å²) in [7, 11) is 0. The lowest BCUT2D eigenvalue weighted by atomic mass is 9.98. The van der Waals surface area contributed by atoms with Crippen molar-refractivity contribution in [2.75, 3.05) is 13.2 Å². The van der Waals surface area contributed by atoms with Gasteiger partial charge in [-0.1, -0.05) is 42.5 Å². The average Bonchev–Trinajstić information content (AvgIpc) is 2.78. The van der Waals surface area contributed by atoms with Gasteiger partial charge in [0.1, 0.15) is 42.7 Å². The summed E-state index contributed by atoms with van der Waals surface area (Å²) in [6.45, 7) is 1.26. The van der Waals surface area contributed by atoms with E-state index in [1.165, 1.54) is 6.92 Å². The fraction of sp³-hybridized carbons (Fsp3) is 0.619. The smallest absolute Gasteiger partial charge is 0.187 e. The summed E-state index contributed by atoms with van der Waals surface area (Å²) < 4.78 is 21.8. The second-order valence-electron chi connectivity index (χ2n) is 7.68. The topological polar surface area (TPSA) is 158 Å². The minimum Gasteiger partial charge on any atom is -0.388 e. The minimum absolute atomic E-state index is 0.0824. The number of rotatable bonds is 7. The zero-order valence-electron chi connectivity index (χ0n) is 17.0. The first-order valence-electron chi connectivity index (χ1n) is 10.1. The molecule has 2 saturated heterocycles. The Hall–Kier alpha value is -1.44. The molecule has 0 saturated carbocycles. The van der Waals surface area contributed by atoms with E-state index in [1.54, 1.807) is 6.08 Å². The van der Waals surface area contributed by atoms with Crippen molar-refractivity contribution in [3.8, 4) is 0 Å². The van der Waals surface area contributed by atoms with Crippen LogP contribution in [0.1, 0.15) is 12.5 Å². The van der Waals surface area contributed by atoms with Gasteiger partial charge in [0.05, 0.1) is 19.3 Å². The molecule has 0 spiro atoms. The number of hydrogen-bond acceptors (Lipinski definition) is 10. The van der Waals surface area contributed by atoms with Crippen molar-refractivity contribution in [1.82, 2.24) is 0 Å². The highest BCUT2D eigenvalue weighted by molar-refractivity contribution is 5.48. The Labute approximate surface area is 179 Å². The Balaban J connectivity index is 1.53. The van der Waals surface area contributed by atoms with Gasteiger partial charge in [0.2, 0.25) is 0 Å². The lowest BCUT2D eigenvalue weighted by Gasteiger charge is -2.42. The number of benzene rings is 1. The van der Waals surface area contributed by atoms with Gasteiger partial charge in [0.25, 0.3) is 0 Å². The van der Waals surface area contributed by atoms with Crippen LogP contribution in [-0.4, -0.2) is 105 Å². The molecular weight excluding hydrogens is 412 g/mol. The molecule has 1 aromatic rings. The summed E-state index contributed by atoms with van der Waals surface area (Å²) in [5, 5.41) is 60.1. The lowest BCUT2D eigenvalue weighted by Crippen LogP contribution is -2.61. The predicted octanol–water partition coefficient (Wildman–Crippen LogP) is -1.63. The van der Waals surface area contributed by atoms with E-state index in [0.29, 0.717) is 0 Å². The first-order valence-corrected chi connectivity index (χ1v) is 10.1. The first-order chi connectivity index (χ1) is 14.8. The second kappa shape index (κ2) is 10.9. The molecule has 10 atom stereocenters. The number of ether oxygens (including phenoxy) is 4. The van der Waals surface area contributed by atoms with Gasteiger partial charge in [-0.2, -0.15) is 0 Å². The molecule has 10 nitrogen and oxygen atoms in total. The molecule has 0 bridgehead atoms. The van der Waals surface area contributed by atoms with E-state index < -0.39 is 61.4 Å². The highest BCUT2D eigenvalue weighted by Gasteiger charge is 2.46. The molecule has 2 aliphatic heterocycles. The zero-order chi connectivity index (χ0) is 22.5. The van der Waals surface area contributed by atoms with Gasteiger partial charge in [-0.15, -0.1) is 0 Å². The molecule has 31 heavy (non-hydrogen) atoms. The fourth-order valence-electron chi connectivity index (χ4n) is 3.43. The monoisotopic (exact) mass is 442 g/mol. The maximum atomic E-state index is 10.2. The largest absolute Gasteiger partial charge is 0.388 e. The third-order valence-corrected chi connectivity index (χ3v) is 5.37. The van der Waals surface area contributed by atoms with Gasteiger partial charge in [-0.25, -0.2) is 0 Å². The summed E-state index contributed by atoms with van der Waals surface area (Å²) >= 11 is 0. The Morgan fingerprint density at radius 1 is 0.774 bits per heavy atom. The van der Waals surface area contributed by atoms with Crippen LogP contribution in [-0.2, 0) is 18.9 Å². The van der Waals surface area contributed by atoms with Gasteiger partial charge < -0.3 is 49.6 Å². The van der Waals surface area contributed by atoms with E-state index in [-0.39, 0.29) is 13.2 Å². The molecule has 0 aromatic heterocycles. The van der Waals surface area contributed by atoms with Crippen LogP contribution in [0.25, 0.3) is 6.08 Å². The molecule has 3 rings (SSSR count). The molecule has 10 heteroatoms. The molecule has 0 amide bonds. The summed E-state index contributed by atoms with van der Waals surface area (Å²) in [4.78, 5) is 0. The van der Waals surface area contributed by atoms with Crippen LogP contribution in [0.2, 0.25) is 0 Å². The molecular formula is C21H30O10. The highest BCUT2D eigenvalue weighted by Crippen LogP contribution is 2.25. The van der Waals surface area contributed by atoms with Crippen LogP contribution in [0.4, 0.5) is 0 Å². The molecule has 0 aliphatic carbocycles. The van der Waals surface area contributed by atoms with Crippen molar-refractivity contribution in [1.29, 1.82) is 0 Å². The van der Waals surface area contributed by atoms with Crippen molar-refractivity contribution >= 4 is 6.08 Å². The van der Waals surface area contributed by atoms with Gasteiger partial charge in [-0.05, 0) is 12.5 Å². The maximum Gasteiger partial charge on any atom is 0.187 e. The molecule has 2 aliphatic rings. The van der Waals surface area contributed by atoms with Crippen molar-refractivity contribution in [3.05, 3.63) is 42.0 Å². The van der Waals surface area contributed by atoms with Crippen LogP contribution in [0.3, 0.4) is 0 Å². The van der Waals surface area contributed by atoms with Gasteiger partial charge in [-0.3, -0.25) is 0 Å². The molecule has 1 aromatic carbocycles. The van der Waals surface area contributed by atoms with Crippen molar-refractivity contribution in [2.45, 2.75) is 68.3 Å². The normalized spacial score (nSPS) is 41.5. The van der Waals surface area contributed by atoms with Crippen LogP contribution >= 0.6 is 0 Å². The number of aliphatic hydroxyl groups excluding tert-OH is 6. The molecule has 2 fully saturated rings. The summed E-state index contributed by atoms with van der Waals surface area (Å²) in [6, 6.07) is 9.51. The first kappa shape index (κ1) is 24.2. The predicted molar refractivity (Wildman–Crippen MR) is 106 cm³/mol. The standard InChI is InChI=1S/C21H30O10/c1-11-14(22)16(24)18(26)21(30-11)29-10-13-15(23)17(25)19(27)20(31-13)28-9-5-8-12-6-3-2-4-7-12/h2-8,11,13-27H,9-10H2,1H3/b8-5+/t11-,13+,14-,15+,16+,17-,18+,19+,20+,21+/m0/s1. The third-order valence-electron chi connectivity index (χ3n) is 5.37. The molecule has 0 radical (unpaired) electrons. The summed E-state index contributed by atoms with van der Waals surface area (Å²) in [5.41, 5.74) is 0.963. The SMILES string of the molecule is C[C@@H]1O[C@@H](OC[C@H]2O[C@@H](OC/C=C/c3ccccc3)[C@H](O)[C@@H](O)[C@@H]2O)[C@H](O)[C@H](O)[C@H]1O. The highest BCUT2D eigenvalue weighted by atomic mass is 16.7. The maximum absolute atomic E-state index is 10.2. The van der Waals surface area contributed by atoms with E-state index >= 15 is 0 Å². The number of aliphatic hydroxyl groups is 6. The van der Waals surface area contributed by atoms with Gasteiger partial charge in [0, 0.05) is 0 Å². The van der Waals surface area contributed by atoms with Crippen LogP contribution in [0.5, 0.6) is 0 Å². The van der Waals surface area contributed by atoms with Crippen LogP contribution in [0, 0.1) is 0 Å². The summed E-state index contributed by atoms with van der Waals surface area (Å²) in [5.74, 6) is 0. The van der Waals surface area contributed by atoms with Crippen molar-refractivity contribution in [3.63, 3.8) is 0 Å². The Morgan fingerprint density at radius 3 is 2.06 bits per heavy atom. The van der Waals surface area contributed by atoms with Gasteiger partial charge >= 0.3 is 0 Å². The lowest BCUT2D eigenvalue weighted by molar-refractivity contribution is -0.326. The van der Waals surface area contributed by atoms with E-state index in [9.17, 15) is 30.6 Å².